The normalized spacial score (nSPS) is 12.8. The highest BCUT2D eigenvalue weighted by atomic mass is 35.5. The average molecular weight is 284 g/mol. The largest absolute Gasteiger partial charge is 0.494 e. The Hall–Kier alpha value is -0.940. The summed E-state index contributed by atoms with van der Waals surface area (Å²) in [5.74, 6) is 0.470. The van der Waals surface area contributed by atoms with Crippen LogP contribution in [0.4, 0.5) is 13.2 Å². The number of benzene rings is 1. The van der Waals surface area contributed by atoms with E-state index >= 15 is 0 Å². The Labute approximate surface area is 111 Å². The van der Waals surface area contributed by atoms with Crippen LogP contribution in [0.15, 0.2) is 18.2 Å². The van der Waals surface area contributed by atoms with Crippen molar-refractivity contribution in [2.75, 3.05) is 6.61 Å². The molecular formula is C12H17ClF3NO. The number of ether oxygens (including phenoxy) is 1. The van der Waals surface area contributed by atoms with Gasteiger partial charge in [0, 0.05) is 6.04 Å². The SMILES string of the molecule is CCOc1ccc(C(F)(F)F)cc1CC(C)N.Cl. The van der Waals surface area contributed by atoms with E-state index in [1.54, 1.807) is 13.8 Å². The monoisotopic (exact) mass is 283 g/mol. The van der Waals surface area contributed by atoms with Crippen molar-refractivity contribution in [3.8, 4) is 5.75 Å². The summed E-state index contributed by atoms with van der Waals surface area (Å²) in [7, 11) is 0. The lowest BCUT2D eigenvalue weighted by atomic mass is 10.0. The van der Waals surface area contributed by atoms with Crippen molar-refractivity contribution in [3.63, 3.8) is 0 Å². The Kier molecular flexibility index (Phi) is 6.49. The summed E-state index contributed by atoms with van der Waals surface area (Å²) < 4.78 is 42.9. The van der Waals surface area contributed by atoms with Gasteiger partial charge in [-0.1, -0.05) is 0 Å². The fourth-order valence-corrected chi connectivity index (χ4v) is 1.56. The molecule has 2 nitrogen and oxygen atoms in total. The molecule has 0 spiro atoms. The number of halogens is 4. The Morgan fingerprint density at radius 3 is 2.39 bits per heavy atom. The molecule has 0 amide bonds. The topological polar surface area (TPSA) is 35.2 Å². The van der Waals surface area contributed by atoms with Gasteiger partial charge in [0.15, 0.2) is 0 Å². The third kappa shape index (κ3) is 4.74. The zero-order valence-corrected chi connectivity index (χ0v) is 11.1. The molecule has 6 heteroatoms. The highest BCUT2D eigenvalue weighted by Crippen LogP contribution is 2.32. The zero-order chi connectivity index (χ0) is 13.1. The Bertz CT molecular complexity index is 380. The fourth-order valence-electron chi connectivity index (χ4n) is 1.56. The van der Waals surface area contributed by atoms with Gasteiger partial charge in [-0.2, -0.15) is 13.2 Å². The van der Waals surface area contributed by atoms with Crippen molar-refractivity contribution in [1.82, 2.24) is 0 Å². The summed E-state index contributed by atoms with van der Waals surface area (Å²) in [5.41, 5.74) is 5.44. The van der Waals surface area contributed by atoms with Crippen molar-refractivity contribution in [1.29, 1.82) is 0 Å². The molecule has 1 unspecified atom stereocenters. The third-order valence-electron chi connectivity index (χ3n) is 2.23. The van der Waals surface area contributed by atoms with Gasteiger partial charge in [-0.15, -0.1) is 12.4 Å². The van der Waals surface area contributed by atoms with E-state index < -0.39 is 11.7 Å². The van der Waals surface area contributed by atoms with Crippen molar-refractivity contribution < 1.29 is 17.9 Å². The van der Waals surface area contributed by atoms with Crippen LogP contribution in [-0.2, 0) is 12.6 Å². The van der Waals surface area contributed by atoms with Gasteiger partial charge >= 0.3 is 6.18 Å². The van der Waals surface area contributed by atoms with Crippen LogP contribution < -0.4 is 10.5 Å². The lowest BCUT2D eigenvalue weighted by molar-refractivity contribution is -0.137. The summed E-state index contributed by atoms with van der Waals surface area (Å²) in [6, 6.07) is 3.27. The predicted octanol–water partition coefficient (Wildman–Crippen LogP) is 3.42. The van der Waals surface area contributed by atoms with Crippen LogP contribution in [0.5, 0.6) is 5.75 Å². The molecule has 0 saturated carbocycles. The molecule has 0 aliphatic rings. The van der Waals surface area contributed by atoms with Crippen LogP contribution in [-0.4, -0.2) is 12.6 Å². The Morgan fingerprint density at radius 2 is 1.94 bits per heavy atom. The molecule has 0 aliphatic heterocycles. The Balaban J connectivity index is 0.00000289. The van der Waals surface area contributed by atoms with Gasteiger partial charge in [-0.25, -0.2) is 0 Å². The maximum absolute atomic E-state index is 12.6. The molecule has 104 valence electrons. The first-order valence-corrected chi connectivity index (χ1v) is 5.43. The van der Waals surface area contributed by atoms with E-state index in [9.17, 15) is 13.2 Å². The smallest absolute Gasteiger partial charge is 0.416 e. The molecule has 1 atom stereocenters. The molecular weight excluding hydrogens is 267 g/mol. The second-order valence-corrected chi connectivity index (χ2v) is 3.93. The van der Waals surface area contributed by atoms with E-state index in [0.717, 1.165) is 12.1 Å². The standard InChI is InChI=1S/C12H16F3NO.ClH/c1-3-17-11-5-4-10(12(13,14)15)7-9(11)6-8(2)16;/h4-5,7-8H,3,6,16H2,1-2H3;1H. The molecule has 0 aromatic heterocycles. The molecule has 0 radical (unpaired) electrons. The lowest BCUT2D eigenvalue weighted by Crippen LogP contribution is -2.19. The number of alkyl halides is 3. The molecule has 0 bridgehead atoms. The number of hydrogen-bond donors (Lipinski definition) is 1. The fraction of sp³-hybridized carbons (Fsp3) is 0.500. The van der Waals surface area contributed by atoms with Crippen LogP contribution in [0, 0.1) is 0 Å². The van der Waals surface area contributed by atoms with Gasteiger partial charge in [0.1, 0.15) is 5.75 Å². The van der Waals surface area contributed by atoms with E-state index in [4.69, 9.17) is 10.5 Å². The van der Waals surface area contributed by atoms with Crippen LogP contribution in [0.25, 0.3) is 0 Å². The lowest BCUT2D eigenvalue weighted by Gasteiger charge is -2.15. The molecule has 0 saturated heterocycles. The molecule has 0 aliphatic carbocycles. The van der Waals surface area contributed by atoms with E-state index in [1.165, 1.54) is 6.07 Å². The van der Waals surface area contributed by atoms with Crippen LogP contribution in [0.1, 0.15) is 25.0 Å². The third-order valence-corrected chi connectivity index (χ3v) is 2.23. The van der Waals surface area contributed by atoms with Crippen molar-refractivity contribution >= 4 is 12.4 Å². The van der Waals surface area contributed by atoms with Gasteiger partial charge in [0.05, 0.1) is 12.2 Å². The predicted molar refractivity (Wildman–Crippen MR) is 67.2 cm³/mol. The molecule has 2 N–H and O–H groups in total. The highest BCUT2D eigenvalue weighted by molar-refractivity contribution is 5.85. The first kappa shape index (κ1) is 17.1. The average Bonchev–Trinajstić information content (AvgIpc) is 2.18. The molecule has 1 aromatic carbocycles. The van der Waals surface area contributed by atoms with Gasteiger partial charge in [-0.05, 0) is 44.0 Å². The Morgan fingerprint density at radius 1 is 1.33 bits per heavy atom. The maximum atomic E-state index is 12.6. The second-order valence-electron chi connectivity index (χ2n) is 3.93. The second kappa shape index (κ2) is 6.85. The molecule has 1 rings (SSSR count). The van der Waals surface area contributed by atoms with Crippen LogP contribution >= 0.6 is 12.4 Å². The summed E-state index contributed by atoms with van der Waals surface area (Å²) in [6.07, 6.45) is -3.98. The number of nitrogens with two attached hydrogens (primary N) is 1. The van der Waals surface area contributed by atoms with Gasteiger partial charge < -0.3 is 10.5 Å². The molecule has 0 fully saturated rings. The summed E-state index contributed by atoms with van der Waals surface area (Å²) in [6.45, 7) is 3.95. The minimum absolute atomic E-state index is 0. The minimum atomic E-state index is -4.34. The maximum Gasteiger partial charge on any atom is 0.416 e. The summed E-state index contributed by atoms with van der Waals surface area (Å²) in [5, 5.41) is 0. The van der Waals surface area contributed by atoms with Crippen molar-refractivity contribution in [2.24, 2.45) is 5.73 Å². The van der Waals surface area contributed by atoms with Gasteiger partial charge in [0.2, 0.25) is 0 Å². The van der Waals surface area contributed by atoms with E-state index in [1.807, 2.05) is 0 Å². The van der Waals surface area contributed by atoms with Gasteiger partial charge in [0.25, 0.3) is 0 Å². The van der Waals surface area contributed by atoms with Crippen molar-refractivity contribution in [2.45, 2.75) is 32.5 Å². The molecule has 18 heavy (non-hydrogen) atoms. The van der Waals surface area contributed by atoms with E-state index in [2.05, 4.69) is 0 Å². The first-order valence-electron chi connectivity index (χ1n) is 5.43. The number of rotatable bonds is 4. The van der Waals surface area contributed by atoms with E-state index in [-0.39, 0.29) is 18.4 Å². The molecule has 1 aromatic rings. The number of hydrogen-bond acceptors (Lipinski definition) is 2. The first-order chi connectivity index (χ1) is 7.84. The van der Waals surface area contributed by atoms with Crippen LogP contribution in [0.2, 0.25) is 0 Å². The zero-order valence-electron chi connectivity index (χ0n) is 10.3. The summed E-state index contributed by atoms with van der Waals surface area (Å²) >= 11 is 0. The highest BCUT2D eigenvalue weighted by Gasteiger charge is 2.31. The quantitative estimate of drug-likeness (QED) is 0.919. The minimum Gasteiger partial charge on any atom is -0.494 e. The van der Waals surface area contributed by atoms with Crippen LogP contribution in [0.3, 0.4) is 0 Å². The van der Waals surface area contributed by atoms with Gasteiger partial charge in [-0.3, -0.25) is 0 Å². The van der Waals surface area contributed by atoms with Crippen molar-refractivity contribution in [3.05, 3.63) is 29.3 Å². The molecule has 0 heterocycles. The summed E-state index contributed by atoms with van der Waals surface area (Å²) in [4.78, 5) is 0. The van der Waals surface area contributed by atoms with E-state index in [0.29, 0.717) is 24.3 Å².